The zero-order valence-electron chi connectivity index (χ0n) is 14.3. The molecule has 0 saturated heterocycles. The molecule has 0 spiro atoms. The molecule has 1 aliphatic rings. The fraction of sp³-hybridized carbons (Fsp3) is 0.412. The molecule has 1 aromatic heterocycles. The molecule has 1 aromatic carbocycles. The van der Waals surface area contributed by atoms with Crippen LogP contribution < -0.4 is 20.1 Å². The van der Waals surface area contributed by atoms with E-state index in [2.05, 4.69) is 15.7 Å². The smallest absolute Gasteiger partial charge is 0.242 e. The van der Waals surface area contributed by atoms with Gasteiger partial charge < -0.3 is 20.1 Å². The maximum Gasteiger partial charge on any atom is 0.242 e. The Hall–Kier alpha value is -2.25. The molecule has 0 fully saturated rings. The third kappa shape index (κ3) is 4.64. The van der Waals surface area contributed by atoms with E-state index in [1.807, 2.05) is 31.4 Å². The van der Waals surface area contributed by atoms with Gasteiger partial charge in [0.25, 0.3) is 0 Å². The van der Waals surface area contributed by atoms with Crippen molar-refractivity contribution in [3.05, 3.63) is 41.7 Å². The number of nitrogens with one attached hydrogen (secondary N) is 2. The number of carbonyl (C=O) groups excluding carboxylic acids is 1. The van der Waals surface area contributed by atoms with Crippen LogP contribution in [0.25, 0.3) is 0 Å². The van der Waals surface area contributed by atoms with Crippen LogP contribution in [0.3, 0.4) is 0 Å². The molecule has 2 heterocycles. The summed E-state index contributed by atoms with van der Waals surface area (Å²) in [7, 11) is 3.58. The van der Waals surface area contributed by atoms with Gasteiger partial charge in [-0.2, -0.15) is 5.10 Å². The summed E-state index contributed by atoms with van der Waals surface area (Å²) >= 11 is 0. The normalized spacial score (nSPS) is 14.2. The maximum absolute atomic E-state index is 12.4. The van der Waals surface area contributed by atoms with Crippen molar-refractivity contribution in [3.63, 3.8) is 0 Å². The molecule has 7 nitrogen and oxygen atoms in total. The van der Waals surface area contributed by atoms with Crippen LogP contribution >= 0.6 is 12.4 Å². The third-order valence-corrected chi connectivity index (χ3v) is 3.89. The predicted octanol–water partition coefficient (Wildman–Crippen LogP) is 1.58. The third-order valence-electron chi connectivity index (χ3n) is 3.89. The standard InChI is InChI=1S/C17H22N4O3.ClH/c1-18-16(13-10-20-21(2)11-13)17(22)19-9-12-4-5-14-15(8-12)24-7-3-6-23-14;/h4-5,8,10-11,16,18H,3,6-7,9H2,1-2H3,(H,19,22);1H. The highest BCUT2D eigenvalue weighted by Gasteiger charge is 2.20. The number of benzene rings is 1. The van der Waals surface area contributed by atoms with E-state index in [1.165, 1.54) is 0 Å². The van der Waals surface area contributed by atoms with Crippen LogP contribution in [0, 0.1) is 0 Å². The van der Waals surface area contributed by atoms with Gasteiger partial charge in [0.1, 0.15) is 6.04 Å². The molecule has 25 heavy (non-hydrogen) atoms. The average molecular weight is 367 g/mol. The number of fused-ring (bicyclic) bond motifs is 1. The summed E-state index contributed by atoms with van der Waals surface area (Å²) in [6.07, 6.45) is 4.39. The summed E-state index contributed by atoms with van der Waals surface area (Å²) in [5.74, 6) is 1.39. The molecule has 1 unspecified atom stereocenters. The van der Waals surface area contributed by atoms with Crippen molar-refractivity contribution in [2.24, 2.45) is 7.05 Å². The number of hydrogen-bond acceptors (Lipinski definition) is 5. The SMILES string of the molecule is CNC(C(=O)NCc1ccc2c(c1)OCCCO2)c1cnn(C)c1.Cl. The molecule has 2 aromatic rings. The molecule has 1 atom stereocenters. The van der Waals surface area contributed by atoms with E-state index in [9.17, 15) is 4.79 Å². The Morgan fingerprint density at radius 2 is 2.08 bits per heavy atom. The van der Waals surface area contributed by atoms with E-state index in [4.69, 9.17) is 9.47 Å². The van der Waals surface area contributed by atoms with E-state index >= 15 is 0 Å². The monoisotopic (exact) mass is 366 g/mol. The summed E-state index contributed by atoms with van der Waals surface area (Å²) in [6, 6.07) is 5.31. The lowest BCUT2D eigenvalue weighted by atomic mass is 10.1. The largest absolute Gasteiger partial charge is 0.490 e. The first-order chi connectivity index (χ1) is 11.7. The Morgan fingerprint density at radius 3 is 2.76 bits per heavy atom. The first kappa shape index (κ1) is 19.1. The van der Waals surface area contributed by atoms with Gasteiger partial charge in [-0.1, -0.05) is 6.07 Å². The average Bonchev–Trinajstić information content (AvgIpc) is 2.87. The van der Waals surface area contributed by atoms with Crippen molar-refractivity contribution in [1.29, 1.82) is 0 Å². The number of likely N-dealkylation sites (N-methyl/N-ethyl adjacent to an activating group) is 1. The number of halogens is 1. The lowest BCUT2D eigenvalue weighted by Gasteiger charge is -2.15. The van der Waals surface area contributed by atoms with Gasteiger partial charge in [0.05, 0.1) is 19.4 Å². The minimum Gasteiger partial charge on any atom is -0.490 e. The van der Waals surface area contributed by atoms with E-state index in [0.29, 0.717) is 19.8 Å². The minimum atomic E-state index is -0.431. The molecule has 0 bridgehead atoms. The zero-order valence-corrected chi connectivity index (χ0v) is 15.1. The van der Waals surface area contributed by atoms with Crippen molar-refractivity contribution >= 4 is 18.3 Å². The fourth-order valence-electron chi connectivity index (χ4n) is 2.65. The van der Waals surface area contributed by atoms with Gasteiger partial charge in [0.15, 0.2) is 11.5 Å². The molecule has 2 N–H and O–H groups in total. The van der Waals surface area contributed by atoms with Crippen molar-refractivity contribution in [1.82, 2.24) is 20.4 Å². The Labute approximate surface area is 153 Å². The van der Waals surface area contributed by atoms with Crippen LogP contribution in [0.4, 0.5) is 0 Å². The van der Waals surface area contributed by atoms with Gasteiger partial charge in [0.2, 0.25) is 5.91 Å². The molecule has 1 amide bonds. The molecule has 8 heteroatoms. The first-order valence-corrected chi connectivity index (χ1v) is 7.99. The number of ether oxygens (including phenoxy) is 2. The second-order valence-electron chi connectivity index (χ2n) is 5.72. The van der Waals surface area contributed by atoms with Crippen molar-refractivity contribution < 1.29 is 14.3 Å². The Bertz CT molecular complexity index is 720. The van der Waals surface area contributed by atoms with Crippen molar-refractivity contribution in [2.45, 2.75) is 19.0 Å². The second kappa shape index (κ2) is 8.73. The van der Waals surface area contributed by atoms with Gasteiger partial charge in [-0.15, -0.1) is 12.4 Å². The highest BCUT2D eigenvalue weighted by Crippen LogP contribution is 2.30. The van der Waals surface area contributed by atoms with Crippen LogP contribution in [0.5, 0.6) is 11.5 Å². The Balaban J connectivity index is 0.00000225. The number of carbonyl (C=O) groups is 1. The van der Waals surface area contributed by atoms with Crippen LogP contribution in [0.2, 0.25) is 0 Å². The van der Waals surface area contributed by atoms with Crippen LogP contribution in [0.15, 0.2) is 30.6 Å². The zero-order chi connectivity index (χ0) is 16.9. The van der Waals surface area contributed by atoms with Gasteiger partial charge in [0, 0.05) is 31.8 Å². The molecule has 0 radical (unpaired) electrons. The van der Waals surface area contributed by atoms with Crippen LogP contribution in [-0.2, 0) is 18.4 Å². The van der Waals surface area contributed by atoms with Crippen molar-refractivity contribution in [2.75, 3.05) is 20.3 Å². The summed E-state index contributed by atoms with van der Waals surface area (Å²) in [4.78, 5) is 12.4. The number of aryl methyl sites for hydroxylation is 1. The topological polar surface area (TPSA) is 77.4 Å². The molecular formula is C17H23ClN4O3. The van der Waals surface area contributed by atoms with E-state index in [1.54, 1.807) is 17.9 Å². The number of rotatable bonds is 5. The lowest BCUT2D eigenvalue weighted by molar-refractivity contribution is -0.123. The van der Waals surface area contributed by atoms with Crippen molar-refractivity contribution in [3.8, 4) is 11.5 Å². The second-order valence-corrected chi connectivity index (χ2v) is 5.72. The van der Waals surface area contributed by atoms with Gasteiger partial charge in [-0.05, 0) is 24.7 Å². The van der Waals surface area contributed by atoms with Gasteiger partial charge in [-0.3, -0.25) is 9.48 Å². The number of amides is 1. The Morgan fingerprint density at radius 1 is 1.32 bits per heavy atom. The fourth-order valence-corrected chi connectivity index (χ4v) is 2.65. The maximum atomic E-state index is 12.4. The highest BCUT2D eigenvalue weighted by atomic mass is 35.5. The number of nitrogens with zero attached hydrogens (tertiary/aromatic N) is 2. The highest BCUT2D eigenvalue weighted by molar-refractivity contribution is 5.85. The number of aromatic nitrogens is 2. The molecule has 1 aliphatic heterocycles. The summed E-state index contributed by atoms with van der Waals surface area (Å²) < 4.78 is 13.0. The quantitative estimate of drug-likeness (QED) is 0.840. The minimum absolute atomic E-state index is 0. The summed E-state index contributed by atoms with van der Waals surface area (Å²) in [5.41, 5.74) is 1.80. The molecule has 3 rings (SSSR count). The molecule has 136 valence electrons. The molecule has 0 saturated carbocycles. The van der Waals surface area contributed by atoms with Crippen LogP contribution in [0.1, 0.15) is 23.6 Å². The Kier molecular flexibility index (Phi) is 6.66. The van der Waals surface area contributed by atoms with E-state index < -0.39 is 6.04 Å². The first-order valence-electron chi connectivity index (χ1n) is 7.99. The molecule has 0 aliphatic carbocycles. The molecular weight excluding hydrogens is 344 g/mol. The summed E-state index contributed by atoms with van der Waals surface area (Å²) in [5, 5.41) is 10.1. The van der Waals surface area contributed by atoms with Gasteiger partial charge >= 0.3 is 0 Å². The number of hydrogen-bond donors (Lipinski definition) is 2. The summed E-state index contributed by atoms with van der Waals surface area (Å²) in [6.45, 7) is 1.73. The predicted molar refractivity (Wildman–Crippen MR) is 96.2 cm³/mol. The lowest BCUT2D eigenvalue weighted by Crippen LogP contribution is -2.35. The van der Waals surface area contributed by atoms with E-state index in [0.717, 1.165) is 29.0 Å². The van der Waals surface area contributed by atoms with E-state index in [-0.39, 0.29) is 18.3 Å². The van der Waals surface area contributed by atoms with Crippen LogP contribution in [-0.4, -0.2) is 35.9 Å². The van der Waals surface area contributed by atoms with Gasteiger partial charge in [-0.25, -0.2) is 0 Å².